The highest BCUT2D eigenvalue weighted by Crippen LogP contribution is 2.13. The minimum absolute atomic E-state index is 0. The Labute approximate surface area is 208 Å². The summed E-state index contributed by atoms with van der Waals surface area (Å²) in [7, 11) is 3.65. The zero-order valence-electron chi connectivity index (χ0n) is 19.6. The van der Waals surface area contributed by atoms with E-state index in [-0.39, 0.29) is 24.0 Å². The minimum atomic E-state index is 0. The lowest BCUT2D eigenvalue weighted by molar-refractivity contribution is 0.221. The van der Waals surface area contributed by atoms with Gasteiger partial charge in [0.15, 0.2) is 11.8 Å². The minimum Gasteiger partial charge on any atom is -0.497 e. The molecule has 2 aromatic rings. The van der Waals surface area contributed by atoms with Crippen LogP contribution in [0.3, 0.4) is 0 Å². The average Bonchev–Trinajstić information content (AvgIpc) is 3.09. The Hall–Kier alpha value is -2.14. The summed E-state index contributed by atoms with van der Waals surface area (Å²) in [6, 6.07) is 8.41. The molecule has 1 fully saturated rings. The fourth-order valence-corrected chi connectivity index (χ4v) is 3.63. The maximum absolute atomic E-state index is 5.24. The molecular weight excluding hydrogens is 517 g/mol. The molecule has 176 valence electrons. The fraction of sp³-hybridized carbons (Fsp3) is 0.522. The topological polar surface area (TPSA) is 79.6 Å². The number of hydrogen-bond donors (Lipinski definition) is 2. The van der Waals surface area contributed by atoms with Gasteiger partial charge in [0.2, 0.25) is 0 Å². The van der Waals surface area contributed by atoms with Crippen LogP contribution in [0.2, 0.25) is 0 Å². The number of aliphatic imine (C=N–C) groups is 1. The largest absolute Gasteiger partial charge is 0.497 e. The summed E-state index contributed by atoms with van der Waals surface area (Å²) in [5, 5.41) is 15.5. The molecule has 2 heterocycles. The molecule has 0 radical (unpaired) electrons. The van der Waals surface area contributed by atoms with Gasteiger partial charge in [0.25, 0.3) is 0 Å². The first-order valence-electron chi connectivity index (χ1n) is 10.8. The first-order valence-corrected chi connectivity index (χ1v) is 10.8. The number of rotatable bonds is 8. The smallest absolute Gasteiger partial charge is 0.192 e. The van der Waals surface area contributed by atoms with Crippen LogP contribution in [0.4, 0.5) is 0 Å². The van der Waals surface area contributed by atoms with Crippen molar-refractivity contribution in [1.82, 2.24) is 30.3 Å². The summed E-state index contributed by atoms with van der Waals surface area (Å²) >= 11 is 0. The molecule has 1 saturated heterocycles. The highest BCUT2D eigenvalue weighted by molar-refractivity contribution is 14.0. The van der Waals surface area contributed by atoms with Crippen molar-refractivity contribution in [3.8, 4) is 5.75 Å². The second kappa shape index (κ2) is 12.8. The average molecular weight is 553 g/mol. The summed E-state index contributed by atoms with van der Waals surface area (Å²) in [6.07, 6.45) is 2.17. The van der Waals surface area contributed by atoms with Crippen LogP contribution in [0.15, 0.2) is 41.4 Å². The van der Waals surface area contributed by atoms with E-state index >= 15 is 0 Å². The molecule has 0 atom stereocenters. The predicted molar refractivity (Wildman–Crippen MR) is 140 cm³/mol. The lowest BCUT2D eigenvalue weighted by Gasteiger charge is -2.33. The van der Waals surface area contributed by atoms with E-state index in [0.717, 1.165) is 61.4 Å². The first kappa shape index (κ1) is 26.1. The molecule has 3 rings (SSSR count). The van der Waals surface area contributed by atoms with E-state index in [1.165, 1.54) is 5.57 Å². The second-order valence-electron chi connectivity index (χ2n) is 8.24. The molecule has 1 aromatic heterocycles. The Balaban J connectivity index is 0.00000363. The number of aromatic nitrogens is 3. The molecule has 0 aliphatic carbocycles. The molecule has 0 saturated carbocycles. The van der Waals surface area contributed by atoms with E-state index in [4.69, 9.17) is 9.73 Å². The Morgan fingerprint density at radius 1 is 1.22 bits per heavy atom. The third-order valence-corrected chi connectivity index (χ3v) is 5.60. The molecule has 0 bridgehead atoms. The normalized spacial score (nSPS) is 15.2. The van der Waals surface area contributed by atoms with E-state index in [1.807, 2.05) is 42.8 Å². The Morgan fingerprint density at radius 2 is 1.91 bits per heavy atom. The van der Waals surface area contributed by atoms with Crippen molar-refractivity contribution >= 4 is 29.9 Å². The highest BCUT2D eigenvalue weighted by atomic mass is 127. The molecule has 9 heteroatoms. The summed E-state index contributed by atoms with van der Waals surface area (Å²) in [5.41, 5.74) is 2.35. The maximum Gasteiger partial charge on any atom is 0.192 e. The van der Waals surface area contributed by atoms with Crippen LogP contribution in [0, 0.1) is 6.92 Å². The molecule has 1 aromatic carbocycles. The number of piperidine rings is 1. The van der Waals surface area contributed by atoms with Crippen molar-refractivity contribution in [2.24, 2.45) is 12.0 Å². The van der Waals surface area contributed by atoms with E-state index < -0.39 is 0 Å². The number of methoxy groups -OCH3 is 1. The molecule has 1 aliphatic heterocycles. The lowest BCUT2D eigenvalue weighted by atomic mass is 10.0. The molecule has 0 spiro atoms. The van der Waals surface area contributed by atoms with Gasteiger partial charge >= 0.3 is 0 Å². The van der Waals surface area contributed by atoms with Crippen LogP contribution in [-0.4, -0.2) is 58.4 Å². The van der Waals surface area contributed by atoms with Gasteiger partial charge in [0.05, 0.1) is 20.2 Å². The number of likely N-dealkylation sites (tertiary alicyclic amines) is 1. The number of nitrogens with zero attached hydrogens (tertiary/aromatic N) is 5. The molecule has 0 unspecified atom stereocenters. The molecule has 32 heavy (non-hydrogen) atoms. The van der Waals surface area contributed by atoms with Crippen LogP contribution in [-0.2, 0) is 20.1 Å². The molecule has 2 N–H and O–H groups in total. The van der Waals surface area contributed by atoms with Crippen LogP contribution in [0.25, 0.3) is 0 Å². The Kier molecular flexibility index (Phi) is 10.4. The number of hydrogen-bond acceptors (Lipinski definition) is 5. The zero-order chi connectivity index (χ0) is 22.2. The molecular formula is C23H36IN7O. The molecule has 1 aliphatic rings. The van der Waals surface area contributed by atoms with E-state index in [9.17, 15) is 0 Å². The van der Waals surface area contributed by atoms with Gasteiger partial charge in [-0.15, -0.1) is 34.2 Å². The van der Waals surface area contributed by atoms with Crippen LogP contribution in [0.5, 0.6) is 5.75 Å². The van der Waals surface area contributed by atoms with Gasteiger partial charge in [-0.1, -0.05) is 24.3 Å². The quantitative estimate of drug-likeness (QED) is 0.227. The van der Waals surface area contributed by atoms with Crippen LogP contribution >= 0.6 is 24.0 Å². The number of aryl methyl sites for hydroxylation is 1. The van der Waals surface area contributed by atoms with Gasteiger partial charge in [0.1, 0.15) is 11.6 Å². The standard InChI is InChI=1S/C23H35N7O.HI/c1-17(2)16-30-12-10-20(11-13-30)26-23(25-15-22-28-27-18(3)29(22)4)24-14-19-6-8-21(31-5)9-7-19;/h6-9,20H,1,10-16H2,2-5H3,(H2,24,25,26);1H. The van der Waals surface area contributed by atoms with Gasteiger partial charge in [-0.2, -0.15) is 0 Å². The van der Waals surface area contributed by atoms with Crippen molar-refractivity contribution in [3.05, 3.63) is 53.6 Å². The van der Waals surface area contributed by atoms with Gasteiger partial charge in [-0.05, 0) is 44.4 Å². The first-order chi connectivity index (χ1) is 14.9. The highest BCUT2D eigenvalue weighted by Gasteiger charge is 2.20. The number of halogens is 1. The number of ether oxygens (including phenoxy) is 1. The van der Waals surface area contributed by atoms with Crippen molar-refractivity contribution in [2.45, 2.75) is 45.8 Å². The SMILES string of the molecule is C=C(C)CN1CCC(NC(=NCc2ccc(OC)cc2)NCc2nnc(C)n2C)CC1.I. The Bertz CT molecular complexity index is 886. The maximum atomic E-state index is 5.24. The van der Waals surface area contributed by atoms with Gasteiger partial charge < -0.3 is 19.9 Å². The summed E-state index contributed by atoms with van der Waals surface area (Å²) < 4.78 is 7.23. The molecule has 8 nitrogen and oxygen atoms in total. The van der Waals surface area contributed by atoms with E-state index in [2.05, 4.69) is 39.2 Å². The van der Waals surface area contributed by atoms with Crippen molar-refractivity contribution < 1.29 is 4.74 Å². The van der Waals surface area contributed by atoms with E-state index in [0.29, 0.717) is 19.1 Å². The summed E-state index contributed by atoms with van der Waals surface area (Å²) in [5.74, 6) is 3.43. The zero-order valence-corrected chi connectivity index (χ0v) is 21.9. The summed E-state index contributed by atoms with van der Waals surface area (Å²) in [6.45, 7) is 12.4. The summed E-state index contributed by atoms with van der Waals surface area (Å²) in [4.78, 5) is 7.29. The predicted octanol–water partition coefficient (Wildman–Crippen LogP) is 3.03. The van der Waals surface area contributed by atoms with Crippen molar-refractivity contribution in [2.75, 3.05) is 26.7 Å². The Morgan fingerprint density at radius 3 is 2.47 bits per heavy atom. The number of benzene rings is 1. The van der Waals surface area contributed by atoms with Crippen molar-refractivity contribution in [3.63, 3.8) is 0 Å². The van der Waals surface area contributed by atoms with Crippen molar-refractivity contribution in [1.29, 1.82) is 0 Å². The fourth-order valence-electron chi connectivity index (χ4n) is 3.63. The van der Waals surface area contributed by atoms with Gasteiger partial charge in [-0.25, -0.2) is 4.99 Å². The number of guanidine groups is 1. The van der Waals surface area contributed by atoms with Crippen LogP contribution in [0.1, 0.15) is 37.0 Å². The van der Waals surface area contributed by atoms with Gasteiger partial charge in [0, 0.05) is 32.7 Å². The van der Waals surface area contributed by atoms with Crippen LogP contribution < -0.4 is 15.4 Å². The number of nitrogens with one attached hydrogen (secondary N) is 2. The third-order valence-electron chi connectivity index (χ3n) is 5.60. The second-order valence-corrected chi connectivity index (χ2v) is 8.24. The monoisotopic (exact) mass is 553 g/mol. The lowest BCUT2D eigenvalue weighted by Crippen LogP contribution is -2.48. The van der Waals surface area contributed by atoms with E-state index in [1.54, 1.807) is 7.11 Å². The third kappa shape index (κ3) is 7.77. The van der Waals surface area contributed by atoms with Gasteiger partial charge in [-0.3, -0.25) is 4.90 Å². The molecule has 0 amide bonds.